The number of benzene rings is 2. The molecule has 0 aliphatic heterocycles. The Balaban J connectivity index is 2.44. The van der Waals surface area contributed by atoms with Gasteiger partial charge in [-0.05, 0) is 25.5 Å². The first-order valence-electron chi connectivity index (χ1n) is 7.36. The van der Waals surface area contributed by atoms with Gasteiger partial charge in [0.05, 0.1) is 16.4 Å². The third kappa shape index (κ3) is 3.76. The van der Waals surface area contributed by atoms with E-state index in [0.717, 1.165) is 24.5 Å². The van der Waals surface area contributed by atoms with Crippen molar-refractivity contribution >= 4 is 9.84 Å². The summed E-state index contributed by atoms with van der Waals surface area (Å²) in [4.78, 5) is -0.00384. The molecule has 0 aliphatic rings. The molecular weight excluding hydrogens is 316 g/mol. The van der Waals surface area contributed by atoms with Crippen LogP contribution in [0.2, 0.25) is 0 Å². The van der Waals surface area contributed by atoms with Crippen molar-refractivity contribution in [2.45, 2.75) is 36.5 Å². The minimum atomic E-state index is -3.80. The van der Waals surface area contributed by atoms with Crippen LogP contribution < -0.4 is 4.74 Å². The SMILES string of the molecule is CCCCOc1cc(S(=O)(=O)c2ccc(C)cc2)cc(O)c1O. The van der Waals surface area contributed by atoms with Gasteiger partial charge in [-0.1, -0.05) is 31.0 Å². The summed E-state index contributed by atoms with van der Waals surface area (Å²) in [6.07, 6.45) is 1.66. The van der Waals surface area contributed by atoms with E-state index in [9.17, 15) is 18.6 Å². The van der Waals surface area contributed by atoms with E-state index in [1.165, 1.54) is 18.2 Å². The maximum Gasteiger partial charge on any atom is 0.206 e. The van der Waals surface area contributed by atoms with Crippen molar-refractivity contribution in [1.29, 1.82) is 0 Å². The minimum Gasteiger partial charge on any atom is -0.504 e. The lowest BCUT2D eigenvalue weighted by molar-refractivity contribution is 0.285. The molecule has 0 aliphatic carbocycles. The van der Waals surface area contributed by atoms with Gasteiger partial charge in [-0.2, -0.15) is 0 Å². The summed E-state index contributed by atoms with van der Waals surface area (Å²) in [6.45, 7) is 4.18. The fourth-order valence-electron chi connectivity index (χ4n) is 2.01. The first-order chi connectivity index (χ1) is 10.9. The second-order valence-electron chi connectivity index (χ2n) is 5.31. The first kappa shape index (κ1) is 17.1. The van der Waals surface area contributed by atoms with E-state index in [0.29, 0.717) is 6.61 Å². The Morgan fingerprint density at radius 2 is 1.70 bits per heavy atom. The molecule has 0 amide bonds. The van der Waals surface area contributed by atoms with E-state index in [1.54, 1.807) is 12.1 Å². The monoisotopic (exact) mass is 336 g/mol. The number of aryl methyl sites for hydroxylation is 1. The highest BCUT2D eigenvalue weighted by atomic mass is 32.2. The van der Waals surface area contributed by atoms with Crippen LogP contribution in [0.4, 0.5) is 0 Å². The molecule has 2 rings (SSSR count). The average molecular weight is 336 g/mol. The summed E-state index contributed by atoms with van der Waals surface area (Å²) in [5, 5.41) is 19.6. The van der Waals surface area contributed by atoms with Crippen LogP contribution in [0.15, 0.2) is 46.2 Å². The molecule has 0 aromatic heterocycles. The second-order valence-corrected chi connectivity index (χ2v) is 7.26. The van der Waals surface area contributed by atoms with E-state index in [4.69, 9.17) is 4.74 Å². The maximum absolute atomic E-state index is 12.6. The summed E-state index contributed by atoms with van der Waals surface area (Å²) in [5.41, 5.74) is 0.945. The second kappa shape index (κ2) is 6.91. The molecule has 0 radical (unpaired) electrons. The molecule has 2 aromatic carbocycles. The molecule has 2 aromatic rings. The fourth-order valence-corrected chi connectivity index (χ4v) is 3.31. The number of ether oxygens (including phenoxy) is 1. The molecule has 0 saturated heterocycles. The predicted molar refractivity (Wildman–Crippen MR) is 86.8 cm³/mol. The first-order valence-corrected chi connectivity index (χ1v) is 8.85. The van der Waals surface area contributed by atoms with Crippen LogP contribution in [0.25, 0.3) is 0 Å². The number of hydrogen-bond acceptors (Lipinski definition) is 5. The van der Waals surface area contributed by atoms with Crippen molar-refractivity contribution < 1.29 is 23.4 Å². The van der Waals surface area contributed by atoms with E-state index >= 15 is 0 Å². The zero-order valence-corrected chi connectivity index (χ0v) is 13.9. The highest BCUT2D eigenvalue weighted by Crippen LogP contribution is 2.39. The predicted octanol–water partition coefficient (Wildman–Crippen LogP) is 3.42. The van der Waals surface area contributed by atoms with E-state index < -0.39 is 21.3 Å². The van der Waals surface area contributed by atoms with Crippen molar-refractivity contribution in [3.63, 3.8) is 0 Å². The van der Waals surface area contributed by atoms with Gasteiger partial charge in [0.2, 0.25) is 15.6 Å². The highest BCUT2D eigenvalue weighted by molar-refractivity contribution is 7.91. The van der Waals surface area contributed by atoms with Gasteiger partial charge in [0.25, 0.3) is 0 Å². The normalized spacial score (nSPS) is 11.4. The quantitative estimate of drug-likeness (QED) is 0.624. The fraction of sp³-hybridized carbons (Fsp3) is 0.294. The van der Waals surface area contributed by atoms with E-state index in [1.807, 2.05) is 13.8 Å². The number of unbranched alkanes of at least 4 members (excludes halogenated alkanes) is 1. The van der Waals surface area contributed by atoms with Crippen LogP contribution in [0, 0.1) is 6.92 Å². The van der Waals surface area contributed by atoms with Gasteiger partial charge in [0.1, 0.15) is 0 Å². The summed E-state index contributed by atoms with van der Waals surface area (Å²) in [6, 6.07) is 8.67. The van der Waals surface area contributed by atoms with Gasteiger partial charge in [-0.25, -0.2) is 8.42 Å². The standard InChI is InChI=1S/C17H20O5S/c1-3-4-9-22-16-11-14(10-15(18)17(16)19)23(20,21)13-7-5-12(2)6-8-13/h5-8,10-11,18-19H,3-4,9H2,1-2H3. The zero-order chi connectivity index (χ0) is 17.0. The van der Waals surface area contributed by atoms with Crippen LogP contribution in [0.1, 0.15) is 25.3 Å². The van der Waals surface area contributed by atoms with Gasteiger partial charge in [0, 0.05) is 12.1 Å². The molecule has 0 spiro atoms. The van der Waals surface area contributed by atoms with Gasteiger partial charge >= 0.3 is 0 Å². The maximum atomic E-state index is 12.6. The Labute approximate surface area is 136 Å². The molecule has 23 heavy (non-hydrogen) atoms. The number of rotatable bonds is 6. The van der Waals surface area contributed by atoms with Crippen molar-refractivity contribution in [1.82, 2.24) is 0 Å². The summed E-state index contributed by atoms with van der Waals surface area (Å²) >= 11 is 0. The lowest BCUT2D eigenvalue weighted by Crippen LogP contribution is -2.04. The van der Waals surface area contributed by atoms with Crippen LogP contribution in [0.3, 0.4) is 0 Å². The van der Waals surface area contributed by atoms with E-state index in [2.05, 4.69) is 0 Å². The Bertz CT molecular complexity index is 779. The van der Waals surface area contributed by atoms with Crippen LogP contribution in [0.5, 0.6) is 17.2 Å². The number of phenols is 2. The Kier molecular flexibility index (Phi) is 5.15. The van der Waals surface area contributed by atoms with Crippen molar-refractivity contribution in [3.05, 3.63) is 42.0 Å². The molecule has 0 saturated carbocycles. The number of aromatic hydroxyl groups is 2. The molecule has 0 heterocycles. The molecule has 6 heteroatoms. The number of hydrogen-bond donors (Lipinski definition) is 2. The minimum absolute atomic E-state index is 0.0378. The molecule has 0 bridgehead atoms. The molecule has 0 unspecified atom stereocenters. The van der Waals surface area contributed by atoms with Crippen LogP contribution >= 0.6 is 0 Å². The van der Waals surface area contributed by atoms with Gasteiger partial charge in [0.15, 0.2) is 11.5 Å². The van der Waals surface area contributed by atoms with Gasteiger partial charge < -0.3 is 14.9 Å². The molecule has 124 valence electrons. The van der Waals surface area contributed by atoms with Crippen LogP contribution in [-0.4, -0.2) is 25.2 Å². The highest BCUT2D eigenvalue weighted by Gasteiger charge is 2.22. The Morgan fingerprint density at radius 1 is 1.04 bits per heavy atom. The molecular formula is C17H20O5S. The molecule has 2 N–H and O–H groups in total. The lowest BCUT2D eigenvalue weighted by Gasteiger charge is -2.12. The summed E-state index contributed by atoms with van der Waals surface area (Å²) in [7, 11) is -3.80. The molecule has 0 atom stereocenters. The zero-order valence-electron chi connectivity index (χ0n) is 13.1. The van der Waals surface area contributed by atoms with Gasteiger partial charge in [-0.3, -0.25) is 0 Å². The number of sulfone groups is 1. The molecule has 5 nitrogen and oxygen atoms in total. The smallest absolute Gasteiger partial charge is 0.206 e. The Morgan fingerprint density at radius 3 is 2.30 bits per heavy atom. The third-order valence-electron chi connectivity index (χ3n) is 3.43. The van der Waals surface area contributed by atoms with Gasteiger partial charge in [-0.15, -0.1) is 0 Å². The lowest BCUT2D eigenvalue weighted by atomic mass is 10.2. The molecule has 0 fully saturated rings. The summed E-state index contributed by atoms with van der Waals surface area (Å²) < 4.78 is 30.7. The van der Waals surface area contributed by atoms with Crippen LogP contribution in [-0.2, 0) is 9.84 Å². The third-order valence-corrected chi connectivity index (χ3v) is 5.17. The number of phenolic OH excluding ortho intramolecular Hbond substituents is 2. The summed E-state index contributed by atoms with van der Waals surface area (Å²) in [5.74, 6) is -1.02. The average Bonchev–Trinajstić information content (AvgIpc) is 2.51. The topological polar surface area (TPSA) is 83.8 Å². The van der Waals surface area contributed by atoms with Crippen molar-refractivity contribution in [3.8, 4) is 17.2 Å². The van der Waals surface area contributed by atoms with Crippen molar-refractivity contribution in [2.24, 2.45) is 0 Å². The Hall–Kier alpha value is -2.21. The van der Waals surface area contributed by atoms with E-state index in [-0.39, 0.29) is 15.5 Å². The largest absolute Gasteiger partial charge is 0.504 e. The van der Waals surface area contributed by atoms with Crippen molar-refractivity contribution in [2.75, 3.05) is 6.61 Å².